The van der Waals surface area contributed by atoms with E-state index in [0.29, 0.717) is 0 Å². The lowest BCUT2D eigenvalue weighted by molar-refractivity contribution is 0.233. The van der Waals surface area contributed by atoms with Gasteiger partial charge < -0.3 is 0 Å². The zero-order chi connectivity index (χ0) is 10.6. The lowest BCUT2D eigenvalue weighted by Crippen LogP contribution is -2.19. The average Bonchev–Trinajstić information content (AvgIpc) is 2.51. The second-order valence-electron chi connectivity index (χ2n) is 6.31. The Hall–Kier alpha value is 0. The van der Waals surface area contributed by atoms with Gasteiger partial charge in [-0.25, -0.2) is 0 Å². The van der Waals surface area contributed by atoms with E-state index in [4.69, 9.17) is 0 Å². The highest BCUT2D eigenvalue weighted by molar-refractivity contribution is 5.02. The quantitative estimate of drug-likeness (QED) is 0.545. The van der Waals surface area contributed by atoms with Gasteiger partial charge >= 0.3 is 0 Å². The third-order valence-corrected chi connectivity index (χ3v) is 6.19. The third-order valence-electron chi connectivity index (χ3n) is 6.19. The molecule has 82 valence electrons. The average molecular weight is 194 g/mol. The van der Waals surface area contributed by atoms with Gasteiger partial charge in [-0.05, 0) is 47.3 Å². The Bertz CT molecular complexity index is 176. The predicted molar refractivity (Wildman–Crippen MR) is 62.0 cm³/mol. The maximum atomic E-state index is 2.49. The topological polar surface area (TPSA) is 0 Å². The Morgan fingerprint density at radius 3 is 0.786 bits per heavy atom. The van der Waals surface area contributed by atoms with E-state index in [1.807, 2.05) is 0 Å². The van der Waals surface area contributed by atoms with Crippen LogP contribution in [0, 0.1) is 47.3 Å². The van der Waals surface area contributed by atoms with Gasteiger partial charge in [0.05, 0.1) is 0 Å². The minimum Gasteiger partial charge on any atom is -0.0620 e. The molecule has 2 aliphatic carbocycles. The van der Waals surface area contributed by atoms with Crippen molar-refractivity contribution in [2.24, 2.45) is 47.3 Å². The van der Waals surface area contributed by atoms with Crippen molar-refractivity contribution in [1.29, 1.82) is 0 Å². The SMILES string of the molecule is CC1C(C)C2C(C)C(C)C(C)C2C1C. The van der Waals surface area contributed by atoms with Crippen LogP contribution in [0.3, 0.4) is 0 Å². The molecule has 0 aromatic heterocycles. The number of rotatable bonds is 0. The first-order valence-electron chi connectivity index (χ1n) is 6.46. The first-order chi connectivity index (χ1) is 6.46. The molecular formula is C14H26. The molecule has 0 radical (unpaired) electrons. The van der Waals surface area contributed by atoms with E-state index in [9.17, 15) is 0 Å². The standard InChI is InChI=1S/C14H26/c1-7-9(3)13-11(5)8(2)12(6)14(13)10(7)4/h7-14H,1-6H3. The van der Waals surface area contributed by atoms with E-state index >= 15 is 0 Å². The van der Waals surface area contributed by atoms with Crippen molar-refractivity contribution >= 4 is 0 Å². The molecule has 0 N–H and O–H groups in total. The van der Waals surface area contributed by atoms with Gasteiger partial charge in [-0.15, -0.1) is 0 Å². The normalized spacial score (nSPS) is 63.0. The molecule has 0 aliphatic heterocycles. The number of hydrogen-bond donors (Lipinski definition) is 0. The molecule has 2 fully saturated rings. The maximum Gasteiger partial charge on any atom is -0.0324 e. The Kier molecular flexibility index (Phi) is 2.44. The summed E-state index contributed by atoms with van der Waals surface area (Å²) in [5.41, 5.74) is 0. The summed E-state index contributed by atoms with van der Waals surface area (Å²) < 4.78 is 0. The fourth-order valence-electron chi connectivity index (χ4n) is 4.72. The van der Waals surface area contributed by atoms with Crippen molar-refractivity contribution in [3.63, 3.8) is 0 Å². The van der Waals surface area contributed by atoms with E-state index in [1.165, 1.54) is 0 Å². The number of hydrogen-bond acceptors (Lipinski definition) is 0. The Morgan fingerprint density at radius 1 is 0.357 bits per heavy atom. The lowest BCUT2D eigenvalue weighted by Gasteiger charge is -2.25. The van der Waals surface area contributed by atoms with Crippen LogP contribution in [0.2, 0.25) is 0 Å². The Morgan fingerprint density at radius 2 is 0.571 bits per heavy atom. The maximum absolute atomic E-state index is 2.49. The molecule has 0 heterocycles. The van der Waals surface area contributed by atoms with Crippen molar-refractivity contribution in [2.75, 3.05) is 0 Å². The monoisotopic (exact) mass is 194 g/mol. The zero-order valence-electron chi connectivity index (χ0n) is 10.6. The van der Waals surface area contributed by atoms with Gasteiger partial charge in [-0.2, -0.15) is 0 Å². The van der Waals surface area contributed by atoms with Gasteiger partial charge in [-0.1, -0.05) is 41.5 Å². The van der Waals surface area contributed by atoms with E-state index in [2.05, 4.69) is 41.5 Å². The predicted octanol–water partition coefficient (Wildman–Crippen LogP) is 4.06. The van der Waals surface area contributed by atoms with E-state index < -0.39 is 0 Å². The molecule has 2 saturated carbocycles. The van der Waals surface area contributed by atoms with Gasteiger partial charge in [0.15, 0.2) is 0 Å². The van der Waals surface area contributed by atoms with Crippen LogP contribution in [0.25, 0.3) is 0 Å². The molecule has 14 heavy (non-hydrogen) atoms. The summed E-state index contributed by atoms with van der Waals surface area (Å²) in [5, 5.41) is 0. The van der Waals surface area contributed by atoms with Crippen LogP contribution in [-0.2, 0) is 0 Å². The highest BCUT2D eigenvalue weighted by atomic mass is 14.6. The minimum absolute atomic E-state index is 0.947. The molecule has 2 aliphatic rings. The minimum atomic E-state index is 0.947. The summed E-state index contributed by atoms with van der Waals surface area (Å²) >= 11 is 0. The molecule has 0 heteroatoms. The molecule has 4 atom stereocenters. The molecule has 0 amide bonds. The van der Waals surface area contributed by atoms with E-state index in [0.717, 1.165) is 47.3 Å². The second kappa shape index (κ2) is 3.25. The lowest BCUT2D eigenvalue weighted by atomic mass is 9.80. The largest absolute Gasteiger partial charge is 0.0620 e. The van der Waals surface area contributed by atoms with Crippen molar-refractivity contribution in [3.05, 3.63) is 0 Å². The first-order valence-corrected chi connectivity index (χ1v) is 6.46. The molecule has 2 rings (SSSR count). The Labute approximate surface area is 89.5 Å². The molecule has 0 aromatic carbocycles. The summed E-state index contributed by atoms with van der Waals surface area (Å²) in [6.45, 7) is 14.9. The summed E-state index contributed by atoms with van der Waals surface area (Å²) in [6.07, 6.45) is 0. The second-order valence-corrected chi connectivity index (χ2v) is 6.31. The number of fused-ring (bicyclic) bond motifs is 1. The molecule has 0 saturated heterocycles. The van der Waals surface area contributed by atoms with Gasteiger partial charge in [0, 0.05) is 0 Å². The third kappa shape index (κ3) is 1.12. The summed E-state index contributed by atoms with van der Waals surface area (Å²) in [5.74, 6) is 7.75. The van der Waals surface area contributed by atoms with Crippen LogP contribution in [0.4, 0.5) is 0 Å². The fourth-order valence-corrected chi connectivity index (χ4v) is 4.72. The smallest absolute Gasteiger partial charge is 0.0324 e. The van der Waals surface area contributed by atoms with Crippen molar-refractivity contribution in [1.82, 2.24) is 0 Å². The van der Waals surface area contributed by atoms with Crippen LogP contribution >= 0.6 is 0 Å². The molecule has 0 bridgehead atoms. The van der Waals surface area contributed by atoms with Crippen LogP contribution in [0.15, 0.2) is 0 Å². The van der Waals surface area contributed by atoms with Gasteiger partial charge in [0.2, 0.25) is 0 Å². The van der Waals surface area contributed by atoms with E-state index in [-0.39, 0.29) is 0 Å². The van der Waals surface area contributed by atoms with Crippen LogP contribution < -0.4 is 0 Å². The first kappa shape index (κ1) is 10.5. The summed E-state index contributed by atoms with van der Waals surface area (Å²) in [6, 6.07) is 0. The van der Waals surface area contributed by atoms with Crippen molar-refractivity contribution in [2.45, 2.75) is 41.5 Å². The highest BCUT2D eigenvalue weighted by Crippen LogP contribution is 2.60. The van der Waals surface area contributed by atoms with Crippen molar-refractivity contribution in [3.8, 4) is 0 Å². The van der Waals surface area contributed by atoms with Crippen LogP contribution in [-0.4, -0.2) is 0 Å². The van der Waals surface area contributed by atoms with Gasteiger partial charge in [0.25, 0.3) is 0 Å². The molecule has 0 nitrogen and oxygen atoms in total. The fraction of sp³-hybridized carbons (Fsp3) is 1.00. The molecule has 0 spiro atoms. The van der Waals surface area contributed by atoms with Crippen LogP contribution in [0.1, 0.15) is 41.5 Å². The van der Waals surface area contributed by atoms with E-state index in [1.54, 1.807) is 0 Å². The molecule has 0 aromatic rings. The summed E-state index contributed by atoms with van der Waals surface area (Å²) in [7, 11) is 0. The Balaban J connectivity index is 2.29. The van der Waals surface area contributed by atoms with Gasteiger partial charge in [-0.3, -0.25) is 0 Å². The zero-order valence-corrected chi connectivity index (χ0v) is 10.6. The highest BCUT2D eigenvalue weighted by Gasteiger charge is 2.54. The van der Waals surface area contributed by atoms with Crippen molar-refractivity contribution < 1.29 is 0 Å². The molecular weight excluding hydrogens is 168 g/mol. The molecule has 4 unspecified atom stereocenters. The van der Waals surface area contributed by atoms with Crippen LogP contribution in [0.5, 0.6) is 0 Å². The summed E-state index contributed by atoms with van der Waals surface area (Å²) in [4.78, 5) is 0. The van der Waals surface area contributed by atoms with Gasteiger partial charge in [0.1, 0.15) is 0 Å².